The normalized spacial score (nSPS) is 10.8. The molecule has 2 nitrogen and oxygen atoms in total. The molecule has 0 aliphatic rings. The van der Waals surface area contributed by atoms with Crippen LogP contribution in [0.25, 0.3) is 0 Å². The number of para-hydroxylation sites is 2. The number of hydrogen-bond donors (Lipinski definition) is 0. The van der Waals surface area contributed by atoms with Gasteiger partial charge in [-0.15, -0.1) is 0 Å². The summed E-state index contributed by atoms with van der Waals surface area (Å²) in [4.78, 5) is 0. The van der Waals surface area contributed by atoms with Crippen molar-refractivity contribution in [2.24, 2.45) is 0 Å². The van der Waals surface area contributed by atoms with E-state index in [1.807, 2.05) is 24.3 Å². The second kappa shape index (κ2) is 6.48. The molecule has 0 bridgehead atoms. The molecule has 0 spiro atoms. The molecule has 0 N–H and O–H groups in total. The molecule has 0 atom stereocenters. The zero-order chi connectivity index (χ0) is 13.5. The van der Waals surface area contributed by atoms with Crippen LogP contribution in [0, 0.1) is 0 Å². The van der Waals surface area contributed by atoms with Gasteiger partial charge in [0.25, 0.3) is 0 Å². The zero-order valence-corrected chi connectivity index (χ0v) is 12.0. The monoisotopic (exact) mass is 309 g/mol. The summed E-state index contributed by atoms with van der Waals surface area (Å²) >= 11 is 0.266. The Morgan fingerprint density at radius 3 is 2.44 bits per heavy atom. The standard InChI is InChI=1S/C15H16O2Se/c1-16-14-5-3-4-6-15(14)17-11-12-7-9-13(18-2)10-8-12/h3-10H,11H2,1-2H3/i2D. The molecule has 0 heterocycles. The minimum absolute atomic E-state index is 0.266. The first-order valence-electron chi connectivity index (χ1n) is 6.31. The first kappa shape index (κ1) is 11.6. The summed E-state index contributed by atoms with van der Waals surface area (Å²) in [7, 11) is 1.64. The Morgan fingerprint density at radius 1 is 1.06 bits per heavy atom. The maximum atomic E-state index is 7.22. The third-order valence-electron chi connectivity index (χ3n) is 2.55. The average Bonchev–Trinajstić information content (AvgIpc) is 2.47. The second-order valence-electron chi connectivity index (χ2n) is 3.73. The van der Waals surface area contributed by atoms with Gasteiger partial charge in [0.1, 0.15) is 0 Å². The fourth-order valence-corrected chi connectivity index (χ4v) is 2.27. The molecule has 0 saturated carbocycles. The van der Waals surface area contributed by atoms with Gasteiger partial charge in [0.2, 0.25) is 0 Å². The molecule has 0 aliphatic heterocycles. The molecule has 18 heavy (non-hydrogen) atoms. The Morgan fingerprint density at radius 2 is 1.78 bits per heavy atom. The van der Waals surface area contributed by atoms with Crippen molar-refractivity contribution in [3.8, 4) is 11.5 Å². The molecule has 0 aliphatic carbocycles. The van der Waals surface area contributed by atoms with Crippen LogP contribution >= 0.6 is 0 Å². The van der Waals surface area contributed by atoms with Gasteiger partial charge in [0.15, 0.2) is 0 Å². The Labute approximate surface area is 115 Å². The average molecular weight is 308 g/mol. The van der Waals surface area contributed by atoms with E-state index in [1.165, 1.54) is 4.46 Å². The van der Waals surface area contributed by atoms with Gasteiger partial charge in [-0.05, 0) is 0 Å². The van der Waals surface area contributed by atoms with Crippen LogP contribution in [0.5, 0.6) is 11.5 Å². The van der Waals surface area contributed by atoms with Crippen LogP contribution in [0.15, 0.2) is 48.5 Å². The van der Waals surface area contributed by atoms with Crippen molar-refractivity contribution < 1.29 is 10.8 Å². The number of benzene rings is 2. The predicted molar refractivity (Wildman–Crippen MR) is 75.0 cm³/mol. The summed E-state index contributed by atoms with van der Waals surface area (Å²) in [5.74, 6) is 1.99. The Kier molecular flexibility index (Phi) is 4.19. The van der Waals surface area contributed by atoms with E-state index in [0.717, 1.165) is 17.1 Å². The van der Waals surface area contributed by atoms with E-state index in [4.69, 9.17) is 10.8 Å². The van der Waals surface area contributed by atoms with Gasteiger partial charge >= 0.3 is 115 Å². The van der Waals surface area contributed by atoms with Crippen LogP contribution in [-0.4, -0.2) is 22.1 Å². The molecular weight excluding hydrogens is 291 g/mol. The summed E-state index contributed by atoms with van der Waals surface area (Å²) in [5.41, 5.74) is 1.12. The van der Waals surface area contributed by atoms with Gasteiger partial charge in [0.05, 0.1) is 0 Å². The number of rotatable bonds is 5. The molecule has 0 radical (unpaired) electrons. The van der Waals surface area contributed by atoms with Crippen molar-refractivity contribution in [3.05, 3.63) is 54.1 Å². The van der Waals surface area contributed by atoms with Gasteiger partial charge in [-0.25, -0.2) is 0 Å². The first-order valence-corrected chi connectivity index (χ1v) is 7.67. The summed E-state index contributed by atoms with van der Waals surface area (Å²) in [6.45, 7) is 0.522. The molecular formula is C15H16O2Se. The van der Waals surface area contributed by atoms with E-state index in [0.29, 0.717) is 12.4 Å². The van der Waals surface area contributed by atoms with E-state index in [1.54, 1.807) is 7.11 Å². The molecule has 0 amide bonds. The molecule has 3 heteroatoms. The number of ether oxygens (including phenoxy) is 2. The second-order valence-corrected chi connectivity index (χ2v) is 5.32. The quantitative estimate of drug-likeness (QED) is 0.791. The molecule has 0 saturated heterocycles. The number of methoxy groups -OCH3 is 1. The van der Waals surface area contributed by atoms with E-state index in [9.17, 15) is 0 Å². The molecule has 0 aromatic heterocycles. The molecule has 2 aromatic carbocycles. The fraction of sp³-hybridized carbons (Fsp3) is 0.200. The van der Waals surface area contributed by atoms with Crippen molar-refractivity contribution in [3.63, 3.8) is 0 Å². The third-order valence-corrected chi connectivity index (χ3v) is 3.82. The van der Waals surface area contributed by atoms with E-state index < -0.39 is 0 Å². The first-order chi connectivity index (χ1) is 9.33. The van der Waals surface area contributed by atoms with Crippen LogP contribution in [0.3, 0.4) is 0 Å². The Bertz CT molecular complexity index is 514. The van der Waals surface area contributed by atoms with Crippen molar-refractivity contribution in [1.29, 1.82) is 0 Å². The molecule has 0 fully saturated rings. The molecule has 2 aromatic rings. The van der Waals surface area contributed by atoms with Crippen LogP contribution < -0.4 is 13.9 Å². The summed E-state index contributed by atoms with van der Waals surface area (Å²) in [6.07, 6.45) is 0. The summed E-state index contributed by atoms with van der Waals surface area (Å²) in [6, 6.07) is 15.9. The van der Waals surface area contributed by atoms with Crippen molar-refractivity contribution in [2.75, 3.05) is 7.11 Å². The SMILES string of the molecule is [2H]C[Se]c1ccc(COc2ccccc2OC)cc1. The summed E-state index contributed by atoms with van der Waals surface area (Å²) < 4.78 is 19.5. The van der Waals surface area contributed by atoms with Gasteiger partial charge in [-0.3, -0.25) is 0 Å². The zero-order valence-electron chi connectivity index (χ0n) is 11.3. The van der Waals surface area contributed by atoms with Crippen LogP contribution in [0.4, 0.5) is 0 Å². The van der Waals surface area contributed by atoms with E-state index >= 15 is 0 Å². The van der Waals surface area contributed by atoms with Crippen LogP contribution in [0.2, 0.25) is 5.80 Å². The van der Waals surface area contributed by atoms with Gasteiger partial charge in [-0.1, -0.05) is 0 Å². The summed E-state index contributed by atoms with van der Waals surface area (Å²) in [5, 5.41) is 0. The van der Waals surface area contributed by atoms with E-state index in [-0.39, 0.29) is 15.0 Å². The molecule has 2 rings (SSSR count). The topological polar surface area (TPSA) is 18.5 Å². The maximum absolute atomic E-state index is 7.22. The van der Waals surface area contributed by atoms with E-state index in [2.05, 4.69) is 24.3 Å². The third kappa shape index (κ3) is 3.28. The molecule has 94 valence electrons. The predicted octanol–water partition coefficient (Wildman–Crippen LogP) is 2.65. The van der Waals surface area contributed by atoms with Crippen molar-refractivity contribution in [1.82, 2.24) is 0 Å². The minimum atomic E-state index is 0.266. The van der Waals surface area contributed by atoms with Gasteiger partial charge in [-0.2, -0.15) is 0 Å². The fourth-order valence-electron chi connectivity index (χ4n) is 1.58. The van der Waals surface area contributed by atoms with Crippen LogP contribution in [0.1, 0.15) is 6.93 Å². The number of hydrogen-bond acceptors (Lipinski definition) is 2. The van der Waals surface area contributed by atoms with Gasteiger partial charge < -0.3 is 0 Å². The van der Waals surface area contributed by atoms with Crippen molar-refractivity contribution >= 4 is 19.4 Å². The Hall–Kier alpha value is -1.44. The molecule has 0 unspecified atom stereocenters. The van der Waals surface area contributed by atoms with Crippen molar-refractivity contribution in [2.45, 2.75) is 12.4 Å². The van der Waals surface area contributed by atoms with Gasteiger partial charge in [0, 0.05) is 0 Å². The van der Waals surface area contributed by atoms with Crippen LogP contribution in [-0.2, 0) is 6.61 Å². The Balaban J connectivity index is 1.98.